The van der Waals surface area contributed by atoms with Crippen LogP contribution in [0.4, 0.5) is 17.1 Å². The molecule has 65 heavy (non-hydrogen) atoms. The number of allylic oxidation sites excluding steroid dienone is 4. The summed E-state index contributed by atoms with van der Waals surface area (Å²) in [5.74, 6) is 0. The summed E-state index contributed by atoms with van der Waals surface area (Å²) < 4.78 is 4.86. The Morgan fingerprint density at radius 1 is 0.431 bits per heavy atom. The second-order valence-electron chi connectivity index (χ2n) is 16.4. The molecule has 0 atom stereocenters. The number of hydrogen-bond donors (Lipinski definition) is 0. The molecule has 12 aromatic rings. The number of hydrogen-bond acceptors (Lipinski definition) is 1. The molecule has 3 heterocycles. The van der Waals surface area contributed by atoms with Crippen molar-refractivity contribution in [3.05, 3.63) is 230 Å². The molecule has 3 aromatic heterocycles. The Morgan fingerprint density at radius 3 is 1.63 bits per heavy atom. The molecule has 0 aliphatic carbocycles. The minimum Gasteiger partial charge on any atom is -0.310 e. The van der Waals surface area contributed by atoms with Gasteiger partial charge in [0.25, 0.3) is 0 Å². The van der Waals surface area contributed by atoms with Crippen LogP contribution in [-0.4, -0.2) is 8.97 Å². The van der Waals surface area contributed by atoms with Crippen LogP contribution in [0.2, 0.25) is 0 Å². The average Bonchev–Trinajstić information content (AvgIpc) is 4.02. The third kappa shape index (κ3) is 6.50. The summed E-state index contributed by atoms with van der Waals surface area (Å²) in [4.78, 5) is 2.44. The second kappa shape index (κ2) is 16.5. The van der Waals surface area contributed by atoms with Gasteiger partial charge < -0.3 is 13.9 Å². The van der Waals surface area contributed by atoms with Crippen LogP contribution in [-0.2, 0) is 0 Å². The fourth-order valence-electron chi connectivity index (χ4n) is 10.1. The highest BCUT2D eigenvalue weighted by Crippen LogP contribution is 2.48. The van der Waals surface area contributed by atoms with Crippen molar-refractivity contribution < 1.29 is 0 Å². The van der Waals surface area contributed by atoms with Crippen LogP contribution in [0.3, 0.4) is 0 Å². The third-order valence-electron chi connectivity index (χ3n) is 12.9. The zero-order valence-corrected chi connectivity index (χ0v) is 37.2. The van der Waals surface area contributed by atoms with Gasteiger partial charge in [0.15, 0.2) is 0 Å². The number of aromatic nitrogens is 2. The van der Waals surface area contributed by atoms with Gasteiger partial charge in [0.2, 0.25) is 0 Å². The number of rotatable bonds is 8. The smallest absolute Gasteiger partial charge is 0.0641 e. The topological polar surface area (TPSA) is 12.6 Å². The highest BCUT2D eigenvalue weighted by atomic mass is 15.1. The van der Waals surface area contributed by atoms with Crippen molar-refractivity contribution >= 4 is 82.5 Å². The largest absolute Gasteiger partial charge is 0.310 e. The third-order valence-corrected chi connectivity index (χ3v) is 12.9. The average molecular weight is 836 g/mol. The van der Waals surface area contributed by atoms with Gasteiger partial charge in [0.05, 0.1) is 33.3 Å². The predicted molar refractivity (Wildman–Crippen MR) is 281 cm³/mol. The van der Waals surface area contributed by atoms with Gasteiger partial charge in [-0.2, -0.15) is 0 Å². The van der Waals surface area contributed by atoms with Gasteiger partial charge in [0, 0.05) is 49.4 Å². The highest BCUT2D eigenvalue weighted by molar-refractivity contribution is 6.27. The van der Waals surface area contributed by atoms with Crippen LogP contribution in [0.25, 0.3) is 93.4 Å². The molecule has 0 N–H and O–H groups in total. The first-order chi connectivity index (χ1) is 32.2. The summed E-state index contributed by atoms with van der Waals surface area (Å²) in [7, 11) is 0. The molecule has 3 heteroatoms. The number of para-hydroxylation sites is 3. The summed E-state index contributed by atoms with van der Waals surface area (Å²) in [6.07, 6.45) is 6.49. The van der Waals surface area contributed by atoms with E-state index in [1.165, 1.54) is 93.3 Å². The molecule has 0 bridgehead atoms. The van der Waals surface area contributed by atoms with Crippen LogP contribution < -0.4 is 4.90 Å². The van der Waals surface area contributed by atoms with E-state index in [0.717, 1.165) is 22.7 Å². The van der Waals surface area contributed by atoms with Gasteiger partial charge in [0.1, 0.15) is 0 Å². The molecule has 0 spiro atoms. The molecule has 0 saturated carbocycles. The van der Waals surface area contributed by atoms with Crippen molar-refractivity contribution in [1.82, 2.24) is 8.97 Å². The highest BCUT2D eigenvalue weighted by Gasteiger charge is 2.24. The Morgan fingerprint density at radius 2 is 0.969 bits per heavy atom. The van der Waals surface area contributed by atoms with Crippen molar-refractivity contribution in [1.29, 1.82) is 0 Å². The number of fused-ring (bicyclic) bond motifs is 9. The quantitative estimate of drug-likeness (QED) is 0.139. The Kier molecular flexibility index (Phi) is 10.1. The first-order valence-electron chi connectivity index (χ1n) is 22.8. The lowest BCUT2D eigenvalue weighted by Crippen LogP contribution is -2.10. The number of anilines is 3. The summed E-state index contributed by atoms with van der Waals surface area (Å²) in [5.41, 5.74) is 17.8. The molecule has 9 aromatic carbocycles. The molecule has 0 saturated heterocycles. The van der Waals surface area contributed by atoms with Crippen LogP contribution in [0, 0.1) is 0 Å². The van der Waals surface area contributed by atoms with Gasteiger partial charge in [-0.15, -0.1) is 0 Å². The van der Waals surface area contributed by atoms with E-state index in [0.29, 0.717) is 0 Å². The van der Waals surface area contributed by atoms with Crippen molar-refractivity contribution in [3.8, 4) is 27.9 Å². The van der Waals surface area contributed by atoms with Crippen molar-refractivity contribution in [2.45, 2.75) is 27.7 Å². The lowest BCUT2D eigenvalue weighted by atomic mass is 9.99. The Bertz CT molecular complexity index is 3720. The van der Waals surface area contributed by atoms with Gasteiger partial charge in [-0.3, -0.25) is 0 Å². The molecule has 0 fully saturated rings. The van der Waals surface area contributed by atoms with Crippen LogP contribution in [0.1, 0.15) is 33.3 Å². The van der Waals surface area contributed by atoms with E-state index in [4.69, 9.17) is 0 Å². The number of nitrogens with zero attached hydrogens (tertiary/aromatic N) is 3. The molecule has 12 rings (SSSR count). The summed E-state index contributed by atoms with van der Waals surface area (Å²) >= 11 is 0. The molecule has 0 aliphatic rings. The molecular weight excluding hydrogens is 787 g/mol. The maximum Gasteiger partial charge on any atom is 0.0641 e. The van der Waals surface area contributed by atoms with Gasteiger partial charge >= 0.3 is 0 Å². The van der Waals surface area contributed by atoms with Crippen molar-refractivity contribution in [2.24, 2.45) is 0 Å². The van der Waals surface area contributed by atoms with E-state index < -0.39 is 0 Å². The molecule has 0 amide bonds. The molecular formula is C62H49N3. The molecule has 0 aliphatic heterocycles. The minimum atomic E-state index is 1.10. The maximum atomic E-state index is 2.46. The van der Waals surface area contributed by atoms with Crippen molar-refractivity contribution in [2.75, 3.05) is 4.90 Å². The predicted octanol–water partition coefficient (Wildman–Crippen LogP) is 17.7. The summed E-state index contributed by atoms with van der Waals surface area (Å²) in [6.45, 7) is 8.19. The first-order valence-corrected chi connectivity index (χ1v) is 22.8. The Balaban J connectivity index is 0.00000231. The summed E-state index contributed by atoms with van der Waals surface area (Å²) in [6, 6.07) is 75.7. The fourth-order valence-corrected chi connectivity index (χ4v) is 10.1. The van der Waals surface area contributed by atoms with Crippen LogP contribution >= 0.6 is 0 Å². The van der Waals surface area contributed by atoms with Crippen molar-refractivity contribution in [3.63, 3.8) is 0 Å². The van der Waals surface area contributed by atoms with E-state index in [-0.39, 0.29) is 0 Å². The Hall–Kier alpha value is -8.14. The van der Waals surface area contributed by atoms with E-state index >= 15 is 0 Å². The molecule has 3 nitrogen and oxygen atoms in total. The maximum absolute atomic E-state index is 2.46. The first kappa shape index (κ1) is 39.7. The molecule has 0 radical (unpaired) electrons. The fraction of sp³-hybridized carbons (Fsp3) is 0.0645. The van der Waals surface area contributed by atoms with Gasteiger partial charge in [-0.1, -0.05) is 159 Å². The number of benzene rings is 9. The normalized spacial score (nSPS) is 12.0. The van der Waals surface area contributed by atoms with E-state index in [2.05, 4.69) is 252 Å². The van der Waals surface area contributed by atoms with Gasteiger partial charge in [-0.05, 0) is 126 Å². The molecule has 312 valence electrons. The van der Waals surface area contributed by atoms with E-state index in [1.54, 1.807) is 0 Å². The van der Waals surface area contributed by atoms with E-state index in [1.807, 2.05) is 13.8 Å². The second-order valence-corrected chi connectivity index (χ2v) is 16.4. The standard InChI is InChI=1S/C60H43N3.C2H6/c1-3-15-40(4-2)44-28-35-56-52(38-44)53-39-45(29-36-57(53)62(56)46-18-9-6-10-19-46)43-26-32-48(33-27-43)61(47-30-24-42(25-31-47)41-16-7-5-8-17-41)58-37-34-50-49-20-11-13-22-54(49)63-55-23-14-12-21-51(55)59(58)60(50)63;1-2/h3-39H,1-2H3;1-2H3/b15-3-,40-4+;. The minimum absolute atomic E-state index is 1.10. The van der Waals surface area contributed by atoms with Gasteiger partial charge in [-0.25, -0.2) is 0 Å². The monoisotopic (exact) mass is 835 g/mol. The van der Waals surface area contributed by atoms with Crippen LogP contribution in [0.15, 0.2) is 224 Å². The lowest BCUT2D eigenvalue weighted by Gasteiger charge is -2.27. The molecule has 0 unspecified atom stereocenters. The Labute approximate surface area is 380 Å². The zero-order chi connectivity index (χ0) is 44.0. The van der Waals surface area contributed by atoms with E-state index in [9.17, 15) is 0 Å². The van der Waals surface area contributed by atoms with Crippen LogP contribution in [0.5, 0.6) is 0 Å². The zero-order valence-electron chi connectivity index (χ0n) is 37.2. The SMILES string of the molecule is C/C=C\C(=C/C)c1ccc2c(c1)c1cc(-c3ccc(N(c4ccc(-c5ccccc5)cc4)c4ccc5c6ccccc6n6c7ccccc7c4c56)cc3)ccc1n2-c1ccccc1.CC. The summed E-state index contributed by atoms with van der Waals surface area (Å²) in [5, 5.41) is 7.53. The lowest BCUT2D eigenvalue weighted by molar-refractivity contribution is 1.18.